The summed E-state index contributed by atoms with van der Waals surface area (Å²) < 4.78 is 0. The Bertz CT molecular complexity index is 935. The summed E-state index contributed by atoms with van der Waals surface area (Å²) >= 11 is 5.87. The predicted molar refractivity (Wildman–Crippen MR) is 94.1 cm³/mol. The molecule has 1 heterocycles. The van der Waals surface area contributed by atoms with E-state index in [4.69, 9.17) is 11.6 Å². The van der Waals surface area contributed by atoms with Gasteiger partial charge in [-0.15, -0.1) is 0 Å². The van der Waals surface area contributed by atoms with Crippen molar-refractivity contribution in [3.63, 3.8) is 0 Å². The Morgan fingerprint density at radius 3 is 2.54 bits per heavy atom. The average Bonchev–Trinajstić information content (AvgIpc) is 2.58. The van der Waals surface area contributed by atoms with Gasteiger partial charge in [0.2, 0.25) is 5.91 Å². The largest absolute Gasteiger partial charge is 0.349 e. The van der Waals surface area contributed by atoms with Gasteiger partial charge < -0.3 is 5.32 Å². The highest BCUT2D eigenvalue weighted by atomic mass is 35.5. The Kier molecular flexibility index (Phi) is 4.62. The number of rotatable bonds is 4. The van der Waals surface area contributed by atoms with Gasteiger partial charge in [-0.05, 0) is 30.7 Å². The number of halogens is 1. The van der Waals surface area contributed by atoms with Crippen molar-refractivity contribution in [2.75, 3.05) is 0 Å². The summed E-state index contributed by atoms with van der Waals surface area (Å²) in [6.07, 6.45) is 0.0925. The molecule has 0 aliphatic rings. The lowest BCUT2D eigenvalue weighted by Gasteiger charge is -2.14. The molecule has 3 aromatic rings. The summed E-state index contributed by atoms with van der Waals surface area (Å²) in [6.45, 7) is 1.90. The lowest BCUT2D eigenvalue weighted by atomic mass is 10.1. The molecule has 0 saturated carbocycles. The SMILES string of the molecule is CC(NC(=O)Cc1n[nH]c(=O)c2ccccc12)c1ccc(Cl)cc1. The van der Waals surface area contributed by atoms with Crippen molar-refractivity contribution >= 4 is 28.3 Å². The van der Waals surface area contributed by atoms with Gasteiger partial charge in [-0.3, -0.25) is 9.59 Å². The van der Waals surface area contributed by atoms with Crippen LogP contribution in [0.2, 0.25) is 5.02 Å². The fourth-order valence-electron chi connectivity index (χ4n) is 2.59. The molecular formula is C18H16ClN3O2. The van der Waals surface area contributed by atoms with Crippen molar-refractivity contribution in [1.82, 2.24) is 15.5 Å². The fourth-order valence-corrected chi connectivity index (χ4v) is 2.71. The van der Waals surface area contributed by atoms with Crippen LogP contribution in [0.1, 0.15) is 24.2 Å². The van der Waals surface area contributed by atoms with E-state index >= 15 is 0 Å². The molecule has 5 nitrogen and oxygen atoms in total. The number of nitrogens with one attached hydrogen (secondary N) is 2. The summed E-state index contributed by atoms with van der Waals surface area (Å²) in [5.74, 6) is -0.165. The zero-order chi connectivity index (χ0) is 17.1. The van der Waals surface area contributed by atoms with Gasteiger partial charge >= 0.3 is 0 Å². The number of H-pyrrole nitrogens is 1. The molecule has 0 aliphatic carbocycles. The number of nitrogens with zero attached hydrogens (tertiary/aromatic N) is 1. The second kappa shape index (κ2) is 6.84. The molecule has 0 bridgehead atoms. The molecule has 24 heavy (non-hydrogen) atoms. The molecule has 1 atom stereocenters. The topological polar surface area (TPSA) is 74.8 Å². The van der Waals surface area contributed by atoms with Crippen molar-refractivity contribution in [3.05, 3.63) is 75.2 Å². The van der Waals surface area contributed by atoms with E-state index in [2.05, 4.69) is 15.5 Å². The second-order valence-electron chi connectivity index (χ2n) is 5.56. The molecule has 122 valence electrons. The highest BCUT2D eigenvalue weighted by molar-refractivity contribution is 6.30. The number of carbonyl (C=O) groups excluding carboxylic acids is 1. The number of carbonyl (C=O) groups is 1. The lowest BCUT2D eigenvalue weighted by Crippen LogP contribution is -2.29. The van der Waals surface area contributed by atoms with Gasteiger partial charge in [0.1, 0.15) is 0 Å². The average molecular weight is 342 g/mol. The predicted octanol–water partition coefficient (Wildman–Crippen LogP) is 3.00. The molecule has 0 spiro atoms. The summed E-state index contributed by atoms with van der Waals surface area (Å²) in [4.78, 5) is 24.1. The highest BCUT2D eigenvalue weighted by Gasteiger charge is 2.13. The van der Waals surface area contributed by atoms with Crippen LogP contribution in [-0.2, 0) is 11.2 Å². The first kappa shape index (κ1) is 16.2. The fraction of sp³-hybridized carbons (Fsp3) is 0.167. The highest BCUT2D eigenvalue weighted by Crippen LogP contribution is 2.17. The smallest absolute Gasteiger partial charge is 0.272 e. The molecule has 0 fully saturated rings. The minimum absolute atomic E-state index is 0.0925. The monoisotopic (exact) mass is 341 g/mol. The Balaban J connectivity index is 1.77. The van der Waals surface area contributed by atoms with Gasteiger partial charge in [-0.1, -0.05) is 41.9 Å². The van der Waals surface area contributed by atoms with Gasteiger partial charge in [-0.25, -0.2) is 5.10 Å². The van der Waals surface area contributed by atoms with Gasteiger partial charge in [0.25, 0.3) is 5.56 Å². The van der Waals surface area contributed by atoms with E-state index in [-0.39, 0.29) is 23.9 Å². The van der Waals surface area contributed by atoms with Crippen LogP contribution in [0.3, 0.4) is 0 Å². The van der Waals surface area contributed by atoms with E-state index in [1.54, 1.807) is 30.3 Å². The van der Waals surface area contributed by atoms with Crippen LogP contribution in [0.4, 0.5) is 0 Å². The van der Waals surface area contributed by atoms with Crippen LogP contribution in [0.15, 0.2) is 53.3 Å². The van der Waals surface area contributed by atoms with Gasteiger partial charge in [0.05, 0.1) is 23.5 Å². The number of amides is 1. The van der Waals surface area contributed by atoms with Gasteiger partial charge in [0, 0.05) is 10.4 Å². The third-order valence-electron chi connectivity index (χ3n) is 3.85. The van der Waals surface area contributed by atoms with Crippen LogP contribution in [-0.4, -0.2) is 16.1 Å². The Morgan fingerprint density at radius 1 is 1.17 bits per heavy atom. The number of benzene rings is 2. The standard InChI is InChI=1S/C18H16ClN3O2/c1-11(12-6-8-13(19)9-7-12)20-17(23)10-16-14-4-2-3-5-15(14)18(24)22-21-16/h2-9,11H,10H2,1H3,(H,20,23)(H,22,24). The minimum atomic E-state index is -0.260. The van der Waals surface area contributed by atoms with E-state index in [0.29, 0.717) is 21.5 Å². The summed E-state index contributed by atoms with van der Waals surface area (Å²) in [5, 5.41) is 11.3. The molecule has 2 N–H and O–H groups in total. The van der Waals surface area contributed by atoms with Crippen LogP contribution < -0.4 is 10.9 Å². The number of aromatic nitrogens is 2. The summed E-state index contributed by atoms with van der Waals surface area (Å²) in [5.41, 5.74) is 1.25. The molecule has 6 heteroatoms. The van der Waals surface area contributed by atoms with E-state index in [1.807, 2.05) is 25.1 Å². The molecule has 1 amide bonds. The zero-order valence-electron chi connectivity index (χ0n) is 13.0. The number of hydrogen-bond acceptors (Lipinski definition) is 3. The normalized spacial score (nSPS) is 12.1. The maximum Gasteiger partial charge on any atom is 0.272 e. The van der Waals surface area contributed by atoms with E-state index in [0.717, 1.165) is 5.56 Å². The van der Waals surface area contributed by atoms with Crippen molar-refractivity contribution in [3.8, 4) is 0 Å². The molecule has 0 radical (unpaired) electrons. The molecule has 0 aliphatic heterocycles. The Morgan fingerprint density at radius 2 is 1.83 bits per heavy atom. The van der Waals surface area contributed by atoms with Crippen LogP contribution in [0.25, 0.3) is 10.8 Å². The Hall–Kier alpha value is -2.66. The minimum Gasteiger partial charge on any atom is -0.349 e. The van der Waals surface area contributed by atoms with Crippen molar-refractivity contribution in [2.45, 2.75) is 19.4 Å². The first-order chi connectivity index (χ1) is 11.5. The van der Waals surface area contributed by atoms with Crippen LogP contribution in [0.5, 0.6) is 0 Å². The van der Waals surface area contributed by atoms with Crippen LogP contribution >= 0.6 is 11.6 Å². The number of aromatic amines is 1. The quantitative estimate of drug-likeness (QED) is 0.766. The maximum atomic E-state index is 12.3. The first-order valence-corrected chi connectivity index (χ1v) is 7.93. The Labute approximate surface area is 143 Å². The number of fused-ring (bicyclic) bond motifs is 1. The summed E-state index contributed by atoms with van der Waals surface area (Å²) in [7, 11) is 0. The zero-order valence-corrected chi connectivity index (χ0v) is 13.8. The second-order valence-corrected chi connectivity index (χ2v) is 6.00. The van der Waals surface area contributed by atoms with Gasteiger partial charge in [-0.2, -0.15) is 5.10 Å². The maximum absolute atomic E-state index is 12.3. The summed E-state index contributed by atoms with van der Waals surface area (Å²) in [6, 6.07) is 14.3. The molecule has 1 aromatic heterocycles. The van der Waals surface area contributed by atoms with Crippen LogP contribution in [0, 0.1) is 0 Å². The van der Waals surface area contributed by atoms with E-state index in [1.165, 1.54) is 0 Å². The van der Waals surface area contributed by atoms with Crippen molar-refractivity contribution in [2.24, 2.45) is 0 Å². The molecule has 0 saturated heterocycles. The molecule has 2 aromatic carbocycles. The number of hydrogen-bond donors (Lipinski definition) is 2. The van der Waals surface area contributed by atoms with Crippen molar-refractivity contribution in [1.29, 1.82) is 0 Å². The third-order valence-corrected chi connectivity index (χ3v) is 4.10. The van der Waals surface area contributed by atoms with Crippen molar-refractivity contribution < 1.29 is 4.79 Å². The third kappa shape index (κ3) is 3.46. The lowest BCUT2D eigenvalue weighted by molar-refractivity contribution is -0.121. The van der Waals surface area contributed by atoms with E-state index < -0.39 is 0 Å². The first-order valence-electron chi connectivity index (χ1n) is 7.55. The van der Waals surface area contributed by atoms with Gasteiger partial charge in [0.15, 0.2) is 0 Å². The molecule has 1 unspecified atom stereocenters. The molecule has 3 rings (SSSR count). The van der Waals surface area contributed by atoms with E-state index in [9.17, 15) is 9.59 Å². The molecular weight excluding hydrogens is 326 g/mol.